The van der Waals surface area contributed by atoms with Crippen molar-refractivity contribution in [2.24, 2.45) is 0 Å². The standard InChI is InChI=1S/C19H17ClN2O3/c1-12-9-18(16-10-15(24-2)7-8-17(16)21-12)25-11-19(23)22-14-5-3-13(20)4-6-14/h3-10H,11H2,1-2H3,(H,22,23). The van der Waals surface area contributed by atoms with Crippen molar-refractivity contribution >= 4 is 34.1 Å². The molecule has 128 valence electrons. The number of aromatic nitrogens is 1. The summed E-state index contributed by atoms with van der Waals surface area (Å²) in [5, 5.41) is 4.17. The molecule has 0 aliphatic rings. The molecule has 5 nitrogen and oxygen atoms in total. The van der Waals surface area contributed by atoms with E-state index in [1.807, 2.05) is 25.1 Å². The van der Waals surface area contributed by atoms with Crippen LogP contribution in [0.15, 0.2) is 48.5 Å². The lowest BCUT2D eigenvalue weighted by Crippen LogP contribution is -2.20. The summed E-state index contributed by atoms with van der Waals surface area (Å²) in [5.41, 5.74) is 2.26. The first-order chi connectivity index (χ1) is 12.0. The Balaban J connectivity index is 1.75. The van der Waals surface area contributed by atoms with Crippen molar-refractivity contribution in [1.82, 2.24) is 4.98 Å². The van der Waals surface area contributed by atoms with Gasteiger partial charge in [0.15, 0.2) is 6.61 Å². The molecule has 0 radical (unpaired) electrons. The van der Waals surface area contributed by atoms with Gasteiger partial charge in [-0.3, -0.25) is 9.78 Å². The van der Waals surface area contributed by atoms with Gasteiger partial charge < -0.3 is 14.8 Å². The molecule has 25 heavy (non-hydrogen) atoms. The predicted octanol–water partition coefficient (Wildman–Crippen LogP) is 4.22. The number of nitrogens with one attached hydrogen (secondary N) is 1. The van der Waals surface area contributed by atoms with Crippen molar-refractivity contribution in [2.75, 3.05) is 19.0 Å². The Morgan fingerprint density at radius 1 is 1.16 bits per heavy atom. The number of hydrogen-bond acceptors (Lipinski definition) is 4. The molecule has 0 atom stereocenters. The molecule has 0 unspecified atom stereocenters. The zero-order valence-electron chi connectivity index (χ0n) is 13.9. The van der Waals surface area contributed by atoms with Crippen LogP contribution in [-0.4, -0.2) is 24.6 Å². The molecule has 0 fully saturated rings. The Morgan fingerprint density at radius 2 is 1.92 bits per heavy atom. The van der Waals surface area contributed by atoms with Gasteiger partial charge >= 0.3 is 0 Å². The topological polar surface area (TPSA) is 60.5 Å². The summed E-state index contributed by atoms with van der Waals surface area (Å²) >= 11 is 5.83. The van der Waals surface area contributed by atoms with Crippen molar-refractivity contribution in [2.45, 2.75) is 6.92 Å². The van der Waals surface area contributed by atoms with Gasteiger partial charge in [0.1, 0.15) is 11.5 Å². The number of hydrogen-bond donors (Lipinski definition) is 1. The number of anilines is 1. The van der Waals surface area contributed by atoms with Gasteiger partial charge in [-0.15, -0.1) is 0 Å². The number of nitrogens with zero attached hydrogens (tertiary/aromatic N) is 1. The maximum absolute atomic E-state index is 12.1. The lowest BCUT2D eigenvalue weighted by Gasteiger charge is -2.11. The molecular weight excluding hydrogens is 340 g/mol. The number of carbonyl (C=O) groups excluding carboxylic acids is 1. The molecule has 0 bridgehead atoms. The van der Waals surface area contributed by atoms with Crippen LogP contribution < -0.4 is 14.8 Å². The summed E-state index contributed by atoms with van der Waals surface area (Å²) in [4.78, 5) is 16.6. The fourth-order valence-electron chi connectivity index (χ4n) is 2.42. The number of rotatable bonds is 5. The maximum atomic E-state index is 12.1. The zero-order valence-corrected chi connectivity index (χ0v) is 14.6. The van der Waals surface area contributed by atoms with Crippen molar-refractivity contribution in [1.29, 1.82) is 0 Å². The smallest absolute Gasteiger partial charge is 0.262 e. The van der Waals surface area contributed by atoms with E-state index in [2.05, 4.69) is 10.3 Å². The molecule has 0 saturated carbocycles. The summed E-state index contributed by atoms with van der Waals surface area (Å²) in [6.45, 7) is 1.77. The lowest BCUT2D eigenvalue weighted by atomic mass is 10.1. The van der Waals surface area contributed by atoms with Gasteiger partial charge in [0, 0.05) is 27.9 Å². The Kier molecular flexibility index (Phi) is 5.05. The predicted molar refractivity (Wildman–Crippen MR) is 98.6 cm³/mol. The number of halogens is 1. The Bertz CT molecular complexity index is 910. The van der Waals surface area contributed by atoms with Crippen LogP contribution in [0.1, 0.15) is 5.69 Å². The first-order valence-electron chi connectivity index (χ1n) is 7.69. The molecule has 6 heteroatoms. The van der Waals surface area contributed by atoms with Gasteiger partial charge in [0.25, 0.3) is 5.91 Å². The van der Waals surface area contributed by atoms with Gasteiger partial charge in [-0.25, -0.2) is 0 Å². The third-order valence-corrected chi connectivity index (χ3v) is 3.84. The van der Waals surface area contributed by atoms with E-state index in [4.69, 9.17) is 21.1 Å². The number of ether oxygens (including phenoxy) is 2. The van der Waals surface area contributed by atoms with E-state index < -0.39 is 0 Å². The average Bonchev–Trinajstić information content (AvgIpc) is 2.61. The van der Waals surface area contributed by atoms with Crippen molar-refractivity contribution in [3.63, 3.8) is 0 Å². The molecule has 3 rings (SSSR count). The molecule has 1 aromatic heterocycles. The van der Waals surface area contributed by atoms with Crippen LogP contribution in [0, 0.1) is 6.92 Å². The lowest BCUT2D eigenvalue weighted by molar-refractivity contribution is -0.118. The van der Waals surface area contributed by atoms with Gasteiger partial charge in [0.2, 0.25) is 0 Å². The number of methoxy groups -OCH3 is 1. The van der Waals surface area contributed by atoms with Crippen molar-refractivity contribution in [3.05, 3.63) is 59.2 Å². The SMILES string of the molecule is COc1ccc2nc(C)cc(OCC(=O)Nc3ccc(Cl)cc3)c2c1. The van der Waals surface area contributed by atoms with E-state index in [9.17, 15) is 4.79 Å². The molecule has 2 aromatic carbocycles. The minimum atomic E-state index is -0.257. The van der Waals surface area contributed by atoms with E-state index in [0.717, 1.165) is 16.6 Å². The van der Waals surface area contributed by atoms with Crippen LogP contribution in [0.5, 0.6) is 11.5 Å². The summed E-state index contributed by atoms with van der Waals surface area (Å²) in [7, 11) is 1.60. The van der Waals surface area contributed by atoms with Crippen molar-refractivity contribution in [3.8, 4) is 11.5 Å². The van der Waals surface area contributed by atoms with Gasteiger partial charge in [0.05, 0.1) is 12.6 Å². The molecule has 1 heterocycles. The molecule has 0 saturated heterocycles. The number of carbonyl (C=O) groups is 1. The minimum Gasteiger partial charge on any atom is -0.497 e. The summed E-state index contributed by atoms with van der Waals surface area (Å²) in [6.07, 6.45) is 0. The van der Waals surface area contributed by atoms with E-state index in [-0.39, 0.29) is 12.5 Å². The van der Waals surface area contributed by atoms with Crippen LogP contribution >= 0.6 is 11.6 Å². The highest BCUT2D eigenvalue weighted by Gasteiger charge is 2.10. The van der Waals surface area contributed by atoms with Gasteiger partial charge in [-0.05, 0) is 49.4 Å². The average molecular weight is 357 g/mol. The third-order valence-electron chi connectivity index (χ3n) is 3.59. The monoisotopic (exact) mass is 356 g/mol. The van der Waals surface area contributed by atoms with Crippen LogP contribution in [0.25, 0.3) is 10.9 Å². The van der Waals surface area contributed by atoms with E-state index in [1.165, 1.54) is 0 Å². The van der Waals surface area contributed by atoms with E-state index >= 15 is 0 Å². The maximum Gasteiger partial charge on any atom is 0.262 e. The molecule has 0 aliphatic heterocycles. The minimum absolute atomic E-state index is 0.113. The zero-order chi connectivity index (χ0) is 17.8. The molecule has 3 aromatic rings. The largest absolute Gasteiger partial charge is 0.497 e. The van der Waals surface area contributed by atoms with Crippen LogP contribution in [0.2, 0.25) is 5.02 Å². The molecular formula is C19H17ClN2O3. The first kappa shape index (κ1) is 17.0. The quantitative estimate of drug-likeness (QED) is 0.743. The Hall–Kier alpha value is -2.79. The first-order valence-corrected chi connectivity index (χ1v) is 8.06. The van der Waals surface area contributed by atoms with Crippen molar-refractivity contribution < 1.29 is 14.3 Å². The molecule has 0 aliphatic carbocycles. The second-order valence-electron chi connectivity index (χ2n) is 5.49. The second kappa shape index (κ2) is 7.40. The highest BCUT2D eigenvalue weighted by Crippen LogP contribution is 2.29. The molecule has 1 N–H and O–H groups in total. The van der Waals surface area contributed by atoms with Crippen LogP contribution in [-0.2, 0) is 4.79 Å². The second-order valence-corrected chi connectivity index (χ2v) is 5.93. The van der Waals surface area contributed by atoms with E-state index in [1.54, 1.807) is 37.4 Å². The third kappa shape index (κ3) is 4.19. The highest BCUT2D eigenvalue weighted by atomic mass is 35.5. The van der Waals surface area contributed by atoms with Gasteiger partial charge in [-0.2, -0.15) is 0 Å². The normalized spacial score (nSPS) is 10.5. The van der Waals surface area contributed by atoms with Gasteiger partial charge in [-0.1, -0.05) is 11.6 Å². The number of pyridine rings is 1. The summed E-state index contributed by atoms with van der Waals surface area (Å²) in [6, 6.07) is 14.2. The number of fused-ring (bicyclic) bond motifs is 1. The Morgan fingerprint density at radius 3 is 2.64 bits per heavy atom. The molecule has 0 spiro atoms. The summed E-state index contributed by atoms with van der Waals surface area (Å²) < 4.78 is 11.0. The molecule has 1 amide bonds. The van der Waals surface area contributed by atoms with E-state index in [0.29, 0.717) is 22.2 Å². The number of aryl methyl sites for hydroxylation is 1. The summed E-state index contributed by atoms with van der Waals surface area (Å²) in [5.74, 6) is 1.04. The fraction of sp³-hybridized carbons (Fsp3) is 0.158. The highest BCUT2D eigenvalue weighted by molar-refractivity contribution is 6.30. The Labute approximate surface area is 150 Å². The van der Waals surface area contributed by atoms with Crippen LogP contribution in [0.3, 0.4) is 0 Å². The number of amides is 1. The number of benzene rings is 2. The van der Waals surface area contributed by atoms with Crippen LogP contribution in [0.4, 0.5) is 5.69 Å². The fourth-order valence-corrected chi connectivity index (χ4v) is 2.55.